The van der Waals surface area contributed by atoms with Crippen LogP contribution in [0.4, 0.5) is 10.6 Å². The maximum Gasteiger partial charge on any atom is 0.320 e. The lowest BCUT2D eigenvalue weighted by Crippen LogP contribution is -2.53. The molecule has 7 heteroatoms. The molecule has 0 aliphatic carbocycles. The second kappa shape index (κ2) is 7.73. The maximum absolute atomic E-state index is 12.7. The Bertz CT molecular complexity index is 987. The molecule has 0 saturated carbocycles. The van der Waals surface area contributed by atoms with E-state index in [1.807, 2.05) is 50.8 Å². The van der Waals surface area contributed by atoms with Crippen LogP contribution in [0.25, 0.3) is 16.9 Å². The average Bonchev–Trinajstić information content (AvgIpc) is 3.23. The van der Waals surface area contributed by atoms with Crippen LogP contribution < -0.4 is 4.90 Å². The summed E-state index contributed by atoms with van der Waals surface area (Å²) >= 11 is 0. The molecule has 0 atom stereocenters. The monoisotopic (exact) mass is 390 g/mol. The Hall–Kier alpha value is -3.09. The van der Waals surface area contributed by atoms with E-state index in [4.69, 9.17) is 5.10 Å². The topological polar surface area (TPSA) is 57.0 Å². The predicted octanol–water partition coefficient (Wildman–Crippen LogP) is 3.12. The highest BCUT2D eigenvalue weighted by atomic mass is 16.2. The van der Waals surface area contributed by atoms with Crippen LogP contribution in [0.1, 0.15) is 19.3 Å². The highest BCUT2D eigenvalue weighted by molar-refractivity contribution is 5.75. The van der Waals surface area contributed by atoms with Gasteiger partial charge in [-0.1, -0.05) is 30.3 Å². The molecular weight excluding hydrogens is 364 g/mol. The second-order valence-electron chi connectivity index (χ2n) is 7.78. The molecule has 29 heavy (non-hydrogen) atoms. The Balaban J connectivity index is 1.31. The first kappa shape index (κ1) is 18.0. The Morgan fingerprint density at radius 3 is 2.28 bits per heavy atom. The molecule has 0 unspecified atom stereocenters. The lowest BCUT2D eigenvalue weighted by atomic mass is 10.1. The third-order valence-electron chi connectivity index (χ3n) is 5.92. The number of likely N-dealkylation sites (tertiary alicyclic amines) is 1. The van der Waals surface area contributed by atoms with E-state index in [0.717, 1.165) is 74.8 Å². The number of hydrogen-bond donors (Lipinski definition) is 0. The van der Waals surface area contributed by atoms with Crippen LogP contribution in [-0.4, -0.2) is 69.7 Å². The SMILES string of the molecule is O=C(N1CCCCC1)N1CCN(c2ccc3ncc(-c4ccccc4)n3n2)CC1. The number of rotatable bonds is 2. The molecule has 0 radical (unpaired) electrons. The number of urea groups is 1. The fraction of sp³-hybridized carbons (Fsp3) is 0.409. The first-order valence-corrected chi connectivity index (χ1v) is 10.5. The maximum atomic E-state index is 12.7. The number of piperazine rings is 1. The number of fused-ring (bicyclic) bond motifs is 1. The fourth-order valence-corrected chi connectivity index (χ4v) is 4.25. The molecule has 0 N–H and O–H groups in total. The summed E-state index contributed by atoms with van der Waals surface area (Å²) in [5.74, 6) is 0.928. The molecule has 1 aromatic carbocycles. The first-order valence-electron chi connectivity index (χ1n) is 10.5. The van der Waals surface area contributed by atoms with Gasteiger partial charge in [-0.2, -0.15) is 0 Å². The molecule has 2 saturated heterocycles. The average molecular weight is 390 g/mol. The Morgan fingerprint density at radius 2 is 1.52 bits per heavy atom. The van der Waals surface area contributed by atoms with Crippen molar-refractivity contribution >= 4 is 17.5 Å². The third-order valence-corrected chi connectivity index (χ3v) is 5.92. The summed E-state index contributed by atoms with van der Waals surface area (Å²) in [5, 5.41) is 4.86. The number of piperidine rings is 1. The number of carbonyl (C=O) groups excluding carboxylic acids is 1. The number of amides is 2. The van der Waals surface area contributed by atoms with Crippen molar-refractivity contribution in [1.82, 2.24) is 24.4 Å². The van der Waals surface area contributed by atoms with Gasteiger partial charge < -0.3 is 14.7 Å². The van der Waals surface area contributed by atoms with Gasteiger partial charge in [-0.15, -0.1) is 5.10 Å². The van der Waals surface area contributed by atoms with Crippen LogP contribution in [0.3, 0.4) is 0 Å². The van der Waals surface area contributed by atoms with Gasteiger partial charge in [0.25, 0.3) is 0 Å². The zero-order valence-electron chi connectivity index (χ0n) is 16.6. The summed E-state index contributed by atoms with van der Waals surface area (Å²) in [7, 11) is 0. The molecule has 2 amide bonds. The molecule has 4 heterocycles. The van der Waals surface area contributed by atoms with Crippen molar-refractivity contribution in [2.24, 2.45) is 0 Å². The minimum atomic E-state index is 0.203. The standard InChI is InChI=1S/C22H26N6O/c29-22(26-11-5-2-6-12-26)27-15-13-25(14-16-27)21-10-9-20-23-17-19(28(20)24-21)18-7-3-1-4-8-18/h1,3-4,7-10,17H,2,5-6,11-16H2. The summed E-state index contributed by atoms with van der Waals surface area (Å²) in [4.78, 5) is 23.5. The largest absolute Gasteiger partial charge is 0.352 e. The quantitative estimate of drug-likeness (QED) is 0.675. The number of aromatic nitrogens is 3. The van der Waals surface area contributed by atoms with Crippen molar-refractivity contribution in [2.75, 3.05) is 44.2 Å². The van der Waals surface area contributed by atoms with Gasteiger partial charge in [0.05, 0.1) is 11.9 Å². The zero-order valence-corrected chi connectivity index (χ0v) is 16.6. The fourth-order valence-electron chi connectivity index (χ4n) is 4.25. The smallest absolute Gasteiger partial charge is 0.320 e. The summed E-state index contributed by atoms with van der Waals surface area (Å²) in [5.41, 5.74) is 2.93. The van der Waals surface area contributed by atoms with Crippen molar-refractivity contribution in [2.45, 2.75) is 19.3 Å². The molecule has 2 aliphatic rings. The van der Waals surface area contributed by atoms with Gasteiger partial charge >= 0.3 is 6.03 Å². The Labute approximate surface area is 170 Å². The molecule has 2 aliphatic heterocycles. The van der Waals surface area contributed by atoms with Gasteiger partial charge in [-0.25, -0.2) is 14.3 Å². The molecule has 0 spiro atoms. The summed E-state index contributed by atoms with van der Waals surface area (Å²) in [6, 6.07) is 14.4. The highest BCUT2D eigenvalue weighted by Crippen LogP contribution is 2.22. The van der Waals surface area contributed by atoms with Crippen molar-refractivity contribution in [1.29, 1.82) is 0 Å². The highest BCUT2D eigenvalue weighted by Gasteiger charge is 2.26. The second-order valence-corrected chi connectivity index (χ2v) is 7.78. The van der Waals surface area contributed by atoms with Crippen molar-refractivity contribution in [3.63, 3.8) is 0 Å². The minimum absolute atomic E-state index is 0.203. The van der Waals surface area contributed by atoms with Crippen LogP contribution >= 0.6 is 0 Å². The van der Waals surface area contributed by atoms with Crippen LogP contribution in [-0.2, 0) is 0 Å². The van der Waals surface area contributed by atoms with E-state index in [9.17, 15) is 4.79 Å². The van der Waals surface area contributed by atoms with Gasteiger partial charge in [0.1, 0.15) is 5.82 Å². The third kappa shape index (κ3) is 3.52. The van der Waals surface area contributed by atoms with Crippen LogP contribution in [0.5, 0.6) is 0 Å². The Kier molecular flexibility index (Phi) is 4.79. The van der Waals surface area contributed by atoms with E-state index < -0.39 is 0 Å². The van der Waals surface area contributed by atoms with Crippen molar-refractivity contribution in [3.05, 3.63) is 48.7 Å². The normalized spacial score (nSPS) is 17.7. The Morgan fingerprint density at radius 1 is 0.793 bits per heavy atom. The summed E-state index contributed by atoms with van der Waals surface area (Å²) in [6.45, 7) is 4.89. The van der Waals surface area contributed by atoms with Crippen LogP contribution in [0, 0.1) is 0 Å². The lowest BCUT2D eigenvalue weighted by molar-refractivity contribution is 0.141. The molecule has 2 fully saturated rings. The lowest BCUT2D eigenvalue weighted by Gasteiger charge is -2.38. The van der Waals surface area contributed by atoms with Crippen LogP contribution in [0.2, 0.25) is 0 Å². The van der Waals surface area contributed by atoms with Crippen molar-refractivity contribution in [3.8, 4) is 11.3 Å². The van der Waals surface area contributed by atoms with Gasteiger partial charge in [0.2, 0.25) is 0 Å². The van der Waals surface area contributed by atoms with E-state index >= 15 is 0 Å². The number of anilines is 1. The van der Waals surface area contributed by atoms with Gasteiger partial charge in [0.15, 0.2) is 5.65 Å². The van der Waals surface area contributed by atoms with E-state index in [2.05, 4.69) is 22.0 Å². The van der Waals surface area contributed by atoms with Gasteiger partial charge in [0, 0.05) is 44.8 Å². The molecule has 0 bridgehead atoms. The predicted molar refractivity (Wildman–Crippen MR) is 113 cm³/mol. The number of carbonyl (C=O) groups is 1. The number of nitrogens with zero attached hydrogens (tertiary/aromatic N) is 6. The van der Waals surface area contributed by atoms with E-state index in [1.54, 1.807) is 0 Å². The number of benzene rings is 1. The summed E-state index contributed by atoms with van der Waals surface area (Å²) in [6.07, 6.45) is 5.37. The molecule has 5 rings (SSSR count). The molecule has 150 valence electrons. The molecule has 3 aromatic rings. The van der Waals surface area contributed by atoms with Gasteiger partial charge in [-0.3, -0.25) is 0 Å². The van der Waals surface area contributed by atoms with Crippen molar-refractivity contribution < 1.29 is 4.79 Å². The van der Waals surface area contributed by atoms with Crippen LogP contribution in [0.15, 0.2) is 48.7 Å². The molecule has 2 aromatic heterocycles. The molecule has 7 nitrogen and oxygen atoms in total. The van der Waals surface area contributed by atoms with E-state index in [0.29, 0.717) is 0 Å². The van der Waals surface area contributed by atoms with Gasteiger partial charge in [-0.05, 0) is 31.4 Å². The summed E-state index contributed by atoms with van der Waals surface area (Å²) < 4.78 is 1.91. The molecular formula is C22H26N6O. The number of imidazole rings is 1. The minimum Gasteiger partial charge on any atom is -0.352 e. The first-order chi connectivity index (χ1) is 14.3. The van der Waals surface area contributed by atoms with E-state index in [-0.39, 0.29) is 6.03 Å². The zero-order chi connectivity index (χ0) is 19.6. The van der Waals surface area contributed by atoms with E-state index in [1.165, 1.54) is 6.42 Å². The number of hydrogen-bond acceptors (Lipinski definition) is 4.